The van der Waals surface area contributed by atoms with E-state index in [-0.39, 0.29) is 16.6 Å². The molecular weight excluding hydrogens is 501 g/mol. The van der Waals surface area contributed by atoms with Crippen molar-refractivity contribution < 1.29 is 31.5 Å². The van der Waals surface area contributed by atoms with Crippen LogP contribution in [0.15, 0.2) is 56.9 Å². The first kappa shape index (κ1) is 26.2. The maximum atomic E-state index is 13.2. The lowest BCUT2D eigenvalue weighted by molar-refractivity contribution is 0.0923. The predicted octanol–water partition coefficient (Wildman–Crippen LogP) is 3.74. The van der Waals surface area contributed by atoms with Crippen LogP contribution in [0.1, 0.15) is 45.8 Å². The van der Waals surface area contributed by atoms with Gasteiger partial charge in [0.25, 0.3) is 15.9 Å². The van der Waals surface area contributed by atoms with Gasteiger partial charge in [0.1, 0.15) is 11.6 Å². The second kappa shape index (κ2) is 11.0. The average Bonchev–Trinajstić information content (AvgIpc) is 3.24. The van der Waals surface area contributed by atoms with Crippen LogP contribution >= 0.6 is 0 Å². The molecule has 0 fully saturated rings. The minimum Gasteiger partial charge on any atom is -0.493 e. The third kappa shape index (κ3) is 5.77. The summed E-state index contributed by atoms with van der Waals surface area (Å²) in [4.78, 5) is 15.0. The summed E-state index contributed by atoms with van der Waals surface area (Å²) in [5, 5.41) is 7.01. The zero-order valence-electron chi connectivity index (χ0n) is 20.8. The van der Waals surface area contributed by atoms with E-state index in [1.54, 1.807) is 21.1 Å². The van der Waals surface area contributed by atoms with Gasteiger partial charge in [-0.2, -0.15) is 18.4 Å². The minimum atomic E-state index is -3.98. The Bertz CT molecular complexity index is 1430. The number of ether oxygens (including phenoxy) is 2. The number of amides is 1. The highest BCUT2D eigenvalue weighted by Crippen LogP contribution is 2.30. The van der Waals surface area contributed by atoms with E-state index >= 15 is 0 Å². The number of carbonyl (C=O) groups excluding carboxylic acids is 1. The Balaban J connectivity index is 1.46. The summed E-state index contributed by atoms with van der Waals surface area (Å²) < 4.78 is 54.7. The van der Waals surface area contributed by atoms with Gasteiger partial charge in [-0.3, -0.25) is 4.79 Å². The van der Waals surface area contributed by atoms with Gasteiger partial charge in [0.2, 0.25) is 0 Å². The molecule has 1 amide bonds. The summed E-state index contributed by atoms with van der Waals surface area (Å²) in [6, 6.07) is 10.0. The number of rotatable bonds is 9. The van der Waals surface area contributed by atoms with Gasteiger partial charge in [-0.05, 0) is 68.1 Å². The number of hydrogen-bond donors (Lipinski definition) is 2. The molecule has 2 N–H and O–H groups in total. The predicted molar refractivity (Wildman–Crippen MR) is 135 cm³/mol. The van der Waals surface area contributed by atoms with E-state index in [4.69, 9.17) is 13.9 Å². The fraction of sp³-hybridized carbons (Fsp3) is 0.308. The first-order valence-corrected chi connectivity index (χ1v) is 13.2. The maximum Gasteiger partial charge on any atom is 0.287 e. The van der Waals surface area contributed by atoms with Crippen LogP contribution in [0.3, 0.4) is 0 Å². The largest absolute Gasteiger partial charge is 0.493 e. The molecular formula is C26H28FN3O6S. The van der Waals surface area contributed by atoms with Crippen molar-refractivity contribution in [1.82, 2.24) is 10.1 Å². The van der Waals surface area contributed by atoms with E-state index < -0.39 is 15.8 Å². The summed E-state index contributed by atoms with van der Waals surface area (Å²) in [5.74, 6) is 1.11. The van der Waals surface area contributed by atoms with Crippen molar-refractivity contribution in [2.75, 3.05) is 20.8 Å². The van der Waals surface area contributed by atoms with Crippen LogP contribution in [0.4, 0.5) is 4.39 Å². The Morgan fingerprint density at radius 2 is 1.81 bits per heavy atom. The van der Waals surface area contributed by atoms with Gasteiger partial charge in [0.05, 0.1) is 24.8 Å². The van der Waals surface area contributed by atoms with E-state index in [0.717, 1.165) is 29.8 Å². The zero-order chi connectivity index (χ0) is 26.6. The van der Waals surface area contributed by atoms with Gasteiger partial charge >= 0.3 is 0 Å². The lowest BCUT2D eigenvalue weighted by atomic mass is 9.93. The number of sulfonamides is 1. The number of furan rings is 1. The van der Waals surface area contributed by atoms with Crippen LogP contribution in [0.2, 0.25) is 0 Å². The number of hydrazone groups is 1. The first-order chi connectivity index (χ1) is 17.7. The third-order valence-corrected chi connectivity index (χ3v) is 7.33. The number of nitrogens with zero attached hydrogens (tertiary/aromatic N) is 1. The number of nitrogens with one attached hydrogen (secondary N) is 2. The highest BCUT2D eigenvalue weighted by molar-refractivity contribution is 7.89. The molecule has 0 radical (unpaired) electrons. The molecule has 0 aliphatic heterocycles. The minimum absolute atomic E-state index is 0.104. The Hall–Kier alpha value is -3.86. The molecule has 0 spiro atoms. The second-order valence-corrected chi connectivity index (χ2v) is 10.2. The number of fused-ring (bicyclic) bond motifs is 1. The summed E-state index contributed by atoms with van der Waals surface area (Å²) in [7, 11) is -0.845. The van der Waals surface area contributed by atoms with Crippen molar-refractivity contribution in [3.05, 3.63) is 76.5 Å². The van der Waals surface area contributed by atoms with Gasteiger partial charge in [-0.1, -0.05) is 6.07 Å². The first-order valence-electron chi connectivity index (χ1n) is 11.7. The maximum absolute atomic E-state index is 13.2. The molecule has 196 valence electrons. The van der Waals surface area contributed by atoms with Crippen LogP contribution < -0.4 is 19.6 Å². The standard InChI is InChI=1S/C26H28FN3O6S/c1-16-24-20(29-30-37(32,33)19-10-8-18(27)9-11-19)5-4-6-22(24)36-25(16)26(31)28-14-13-17-7-12-21(34-2)23(15-17)35-3/h7-12,15,30H,4-6,13-14H2,1-3H3,(H,28,31)/b29-20+. The van der Waals surface area contributed by atoms with Crippen molar-refractivity contribution in [2.45, 2.75) is 37.5 Å². The van der Waals surface area contributed by atoms with Gasteiger partial charge in [0.15, 0.2) is 17.3 Å². The van der Waals surface area contributed by atoms with Gasteiger partial charge in [-0.25, -0.2) is 4.39 Å². The Morgan fingerprint density at radius 3 is 2.51 bits per heavy atom. The fourth-order valence-electron chi connectivity index (χ4n) is 4.22. The van der Waals surface area contributed by atoms with Crippen LogP contribution in [0.5, 0.6) is 11.5 Å². The van der Waals surface area contributed by atoms with Crippen LogP contribution in [-0.2, 0) is 22.9 Å². The second-order valence-electron chi connectivity index (χ2n) is 8.51. The average molecular weight is 530 g/mol. The molecule has 2 aromatic carbocycles. The number of benzene rings is 2. The number of hydrogen-bond acceptors (Lipinski definition) is 7. The molecule has 9 nitrogen and oxygen atoms in total. The van der Waals surface area contributed by atoms with Crippen LogP contribution in [-0.4, -0.2) is 40.8 Å². The molecule has 0 unspecified atom stereocenters. The van der Waals surface area contributed by atoms with E-state index in [9.17, 15) is 17.6 Å². The SMILES string of the molecule is COc1ccc(CCNC(=O)c2oc3c(c2C)/C(=N/NS(=O)(=O)c2ccc(F)cc2)CCC3)cc1OC. The monoisotopic (exact) mass is 529 g/mol. The number of methoxy groups -OCH3 is 2. The molecule has 0 bridgehead atoms. The van der Waals surface area contributed by atoms with Crippen molar-refractivity contribution in [3.8, 4) is 11.5 Å². The van der Waals surface area contributed by atoms with E-state index in [0.29, 0.717) is 66.3 Å². The Kier molecular flexibility index (Phi) is 7.82. The van der Waals surface area contributed by atoms with E-state index in [2.05, 4.69) is 15.2 Å². The molecule has 4 rings (SSSR count). The summed E-state index contributed by atoms with van der Waals surface area (Å²) in [6.45, 7) is 2.12. The highest BCUT2D eigenvalue weighted by Gasteiger charge is 2.28. The molecule has 0 saturated carbocycles. The molecule has 37 heavy (non-hydrogen) atoms. The summed E-state index contributed by atoms with van der Waals surface area (Å²) in [6.07, 6.45) is 2.39. The van der Waals surface area contributed by atoms with Gasteiger partial charge < -0.3 is 19.2 Å². The van der Waals surface area contributed by atoms with E-state index in [1.165, 1.54) is 0 Å². The Labute approximate surface area is 214 Å². The highest BCUT2D eigenvalue weighted by atomic mass is 32.2. The molecule has 1 aliphatic carbocycles. The van der Waals surface area contributed by atoms with Gasteiger partial charge in [-0.15, -0.1) is 0 Å². The number of carbonyl (C=O) groups is 1. The topological polar surface area (TPSA) is 119 Å². The Morgan fingerprint density at radius 1 is 1.08 bits per heavy atom. The lowest BCUT2D eigenvalue weighted by Gasteiger charge is -2.14. The summed E-state index contributed by atoms with van der Waals surface area (Å²) in [5.41, 5.74) is 2.69. The zero-order valence-corrected chi connectivity index (χ0v) is 21.6. The molecule has 1 aliphatic rings. The van der Waals surface area contributed by atoms with E-state index in [1.807, 2.05) is 18.2 Å². The van der Waals surface area contributed by atoms with Crippen molar-refractivity contribution >= 4 is 21.6 Å². The summed E-state index contributed by atoms with van der Waals surface area (Å²) >= 11 is 0. The normalized spacial score (nSPS) is 14.2. The molecule has 11 heteroatoms. The molecule has 0 saturated heterocycles. The van der Waals surface area contributed by atoms with Gasteiger partial charge in [0, 0.05) is 24.1 Å². The molecule has 3 aromatic rings. The third-order valence-electron chi connectivity index (χ3n) is 6.10. The van der Waals surface area contributed by atoms with Crippen molar-refractivity contribution in [3.63, 3.8) is 0 Å². The van der Waals surface area contributed by atoms with Crippen molar-refractivity contribution in [1.29, 1.82) is 0 Å². The van der Waals surface area contributed by atoms with Crippen LogP contribution in [0.25, 0.3) is 0 Å². The quantitative estimate of drug-likeness (QED) is 0.408. The molecule has 1 aromatic heterocycles. The molecule has 1 heterocycles. The fourth-order valence-corrected chi connectivity index (χ4v) is 5.05. The molecule has 0 atom stereocenters. The lowest BCUT2D eigenvalue weighted by Crippen LogP contribution is -2.26. The number of halogens is 1. The smallest absolute Gasteiger partial charge is 0.287 e. The van der Waals surface area contributed by atoms with Crippen LogP contribution in [0, 0.1) is 12.7 Å². The van der Waals surface area contributed by atoms with Crippen molar-refractivity contribution in [2.24, 2.45) is 5.10 Å². The number of aryl methyl sites for hydroxylation is 1.